The van der Waals surface area contributed by atoms with Gasteiger partial charge in [-0.2, -0.15) is 15.0 Å². The molecule has 0 aromatic carbocycles. The van der Waals surface area contributed by atoms with Gasteiger partial charge in [-0.1, -0.05) is 56.7 Å². The quantitative estimate of drug-likeness (QED) is 0.495. The average Bonchev–Trinajstić information content (AvgIpc) is 3.07. The van der Waals surface area contributed by atoms with E-state index in [0.29, 0.717) is 30.5 Å². The molecule has 0 spiro atoms. The summed E-state index contributed by atoms with van der Waals surface area (Å²) in [6.07, 6.45) is 7.55. The van der Waals surface area contributed by atoms with Gasteiger partial charge in [0.25, 0.3) is 0 Å². The van der Waals surface area contributed by atoms with Crippen LogP contribution in [-0.2, 0) is 16.0 Å². The van der Waals surface area contributed by atoms with Crippen molar-refractivity contribution in [2.45, 2.75) is 90.2 Å². The van der Waals surface area contributed by atoms with E-state index in [0.717, 1.165) is 12.8 Å². The Hall–Kier alpha value is -2.18. The lowest BCUT2D eigenvalue weighted by molar-refractivity contribution is -0.161. The van der Waals surface area contributed by atoms with Crippen LogP contribution in [-0.4, -0.2) is 27.0 Å². The second kappa shape index (κ2) is 13.1. The molecule has 2 aliphatic carbocycles. The molecule has 1 aromatic rings. The van der Waals surface area contributed by atoms with Crippen LogP contribution in [0.1, 0.15) is 83.5 Å². The van der Waals surface area contributed by atoms with Crippen molar-refractivity contribution in [3.05, 3.63) is 18.0 Å². The lowest BCUT2D eigenvalue weighted by Crippen LogP contribution is -2.33. The second-order valence-electron chi connectivity index (χ2n) is 7.08. The summed E-state index contributed by atoms with van der Waals surface area (Å²) in [6, 6.07) is 0. The maximum atomic E-state index is 12.5. The summed E-state index contributed by atoms with van der Waals surface area (Å²) in [5, 5.41) is 0. The van der Waals surface area contributed by atoms with Gasteiger partial charge in [0.2, 0.25) is 11.9 Å². The van der Waals surface area contributed by atoms with Crippen LogP contribution in [0.15, 0.2) is 12.2 Å². The highest BCUT2D eigenvalue weighted by Crippen LogP contribution is 2.41. The summed E-state index contributed by atoms with van der Waals surface area (Å²) in [5.74, 6) is 1.50. The van der Waals surface area contributed by atoms with Crippen molar-refractivity contribution >= 4 is 17.9 Å². The Morgan fingerprint density at radius 2 is 1.55 bits per heavy atom. The van der Waals surface area contributed by atoms with E-state index in [1.807, 2.05) is 13.8 Å². The summed E-state index contributed by atoms with van der Waals surface area (Å²) in [5.41, 5.74) is 10.5. The van der Waals surface area contributed by atoms with E-state index in [9.17, 15) is 4.79 Å². The molecule has 2 aliphatic rings. The third-order valence-electron chi connectivity index (χ3n) is 4.72. The third-order valence-corrected chi connectivity index (χ3v) is 4.72. The van der Waals surface area contributed by atoms with Crippen LogP contribution in [0, 0.1) is 17.3 Å². The monoisotopic (exact) mass is 413 g/mol. The number of carbonyl (C=O) groups excluding carboxylic acids is 1. The van der Waals surface area contributed by atoms with Crippen molar-refractivity contribution in [3.63, 3.8) is 0 Å². The fraction of sp³-hybridized carbons (Fsp3) is 0.727. The molecule has 7 heteroatoms. The number of fused-ring (bicyclic) bond motifs is 2. The van der Waals surface area contributed by atoms with Crippen molar-refractivity contribution in [1.82, 2.24) is 15.0 Å². The molecule has 1 heterocycles. The van der Waals surface area contributed by atoms with Gasteiger partial charge in [0.15, 0.2) is 0 Å². The fourth-order valence-corrected chi connectivity index (χ4v) is 3.26. The zero-order valence-corrected chi connectivity index (χ0v) is 13.5. The Morgan fingerprint density at radius 3 is 2.00 bits per heavy atom. The number of hydrogen-bond acceptors (Lipinski definition) is 7. The smallest absolute Gasteiger partial charge is 0.311 e. The highest BCUT2D eigenvalue weighted by molar-refractivity contribution is 5.76. The van der Waals surface area contributed by atoms with E-state index in [4.69, 9.17) is 16.2 Å². The number of carbonyl (C=O) groups is 1. The molecule has 3 rings (SSSR count). The molecule has 0 saturated heterocycles. The number of aromatic nitrogens is 3. The molecule has 1 aromatic heterocycles. The van der Waals surface area contributed by atoms with Gasteiger partial charge < -0.3 is 16.2 Å². The molecule has 3 atom stereocenters. The summed E-state index contributed by atoms with van der Waals surface area (Å²) in [7, 11) is 0. The molecule has 172 valence electrons. The lowest BCUT2D eigenvalue weighted by atomic mass is 9.87. The molecular formula is C22H47N5O2. The molecule has 29 heavy (non-hydrogen) atoms. The SMILES string of the molecule is C.C.C.C.C.C.CC(C)(CCc1nc(N)nc(N)n1)C(=O)OC1CC2C=CC1C2. The van der Waals surface area contributed by atoms with Crippen molar-refractivity contribution in [3.8, 4) is 0 Å². The number of nitrogens with zero attached hydrogens (tertiary/aromatic N) is 3. The number of hydrogen-bond donors (Lipinski definition) is 2. The first-order valence-corrected chi connectivity index (χ1v) is 7.99. The van der Waals surface area contributed by atoms with E-state index in [1.165, 1.54) is 0 Å². The predicted octanol–water partition coefficient (Wildman–Crippen LogP) is 5.32. The van der Waals surface area contributed by atoms with Crippen LogP contribution in [0.25, 0.3) is 0 Å². The highest BCUT2D eigenvalue weighted by atomic mass is 16.5. The van der Waals surface area contributed by atoms with E-state index in [1.54, 1.807) is 0 Å². The number of esters is 1. The second-order valence-corrected chi connectivity index (χ2v) is 7.08. The van der Waals surface area contributed by atoms with Gasteiger partial charge in [0.05, 0.1) is 5.41 Å². The molecular weight excluding hydrogens is 366 g/mol. The number of anilines is 2. The van der Waals surface area contributed by atoms with Gasteiger partial charge in [-0.05, 0) is 39.0 Å². The lowest BCUT2D eigenvalue weighted by Gasteiger charge is -2.27. The first kappa shape index (κ1) is 34.3. The first-order valence-electron chi connectivity index (χ1n) is 7.99. The van der Waals surface area contributed by atoms with Crippen molar-refractivity contribution in [2.24, 2.45) is 17.3 Å². The normalized spacial score (nSPS) is 20.4. The summed E-state index contributed by atoms with van der Waals surface area (Å²) >= 11 is 0. The molecule has 3 unspecified atom stereocenters. The fourth-order valence-electron chi connectivity index (χ4n) is 3.26. The average molecular weight is 414 g/mol. The third kappa shape index (κ3) is 7.99. The number of nitrogens with two attached hydrogens (primary N) is 2. The molecule has 2 bridgehead atoms. The number of nitrogen functional groups attached to an aromatic ring is 2. The molecule has 4 N–H and O–H groups in total. The number of rotatable bonds is 5. The van der Waals surface area contributed by atoms with Gasteiger partial charge in [-0.3, -0.25) is 4.79 Å². The van der Waals surface area contributed by atoms with Gasteiger partial charge in [0.1, 0.15) is 11.9 Å². The van der Waals surface area contributed by atoms with Crippen molar-refractivity contribution < 1.29 is 9.53 Å². The summed E-state index contributed by atoms with van der Waals surface area (Å²) in [6.45, 7) is 3.76. The van der Waals surface area contributed by atoms with Gasteiger partial charge in [-0.15, -0.1) is 0 Å². The maximum Gasteiger partial charge on any atom is 0.311 e. The Kier molecular flexibility index (Phi) is 15.5. The number of ether oxygens (including phenoxy) is 1. The zero-order valence-electron chi connectivity index (χ0n) is 13.5. The zero-order chi connectivity index (χ0) is 16.6. The minimum Gasteiger partial charge on any atom is -0.461 e. The summed E-state index contributed by atoms with van der Waals surface area (Å²) in [4.78, 5) is 24.3. The molecule has 0 aliphatic heterocycles. The van der Waals surface area contributed by atoms with Gasteiger partial charge >= 0.3 is 5.97 Å². The molecule has 1 fully saturated rings. The molecule has 7 nitrogen and oxygen atoms in total. The van der Waals surface area contributed by atoms with Crippen LogP contribution in [0.5, 0.6) is 0 Å². The van der Waals surface area contributed by atoms with Crippen LogP contribution in [0.4, 0.5) is 11.9 Å². The first-order chi connectivity index (χ1) is 10.8. The summed E-state index contributed by atoms with van der Waals surface area (Å²) < 4.78 is 5.75. The Balaban J connectivity index is -0.000000521. The Labute approximate surface area is 179 Å². The minimum atomic E-state index is -0.609. The largest absolute Gasteiger partial charge is 0.461 e. The van der Waals surface area contributed by atoms with E-state index in [2.05, 4.69) is 27.1 Å². The van der Waals surface area contributed by atoms with Crippen molar-refractivity contribution in [2.75, 3.05) is 11.5 Å². The molecule has 1 saturated carbocycles. The van der Waals surface area contributed by atoms with Crippen LogP contribution in [0.2, 0.25) is 0 Å². The Morgan fingerprint density at radius 1 is 1.00 bits per heavy atom. The molecule has 0 amide bonds. The maximum absolute atomic E-state index is 12.5. The van der Waals surface area contributed by atoms with Gasteiger partial charge in [0, 0.05) is 12.3 Å². The predicted molar refractivity (Wildman–Crippen MR) is 126 cm³/mol. The van der Waals surface area contributed by atoms with Crippen LogP contribution < -0.4 is 11.5 Å². The van der Waals surface area contributed by atoms with E-state index >= 15 is 0 Å². The van der Waals surface area contributed by atoms with Gasteiger partial charge in [-0.25, -0.2) is 0 Å². The highest BCUT2D eigenvalue weighted by Gasteiger charge is 2.40. The molecule has 0 radical (unpaired) electrons. The Bertz CT molecular complexity index is 626. The topological polar surface area (TPSA) is 117 Å². The standard InChI is InChI=1S/C16H23N5O2.6CH4/c1-16(2,6-5-12-19-14(17)21-15(18)20-12)13(22)23-11-8-9-3-4-10(11)7-9;;;;;;/h3-4,9-11H,5-8H2,1-2H3,(H4,17,18,19,20,21);6*1H4. The van der Waals surface area contributed by atoms with Crippen molar-refractivity contribution in [1.29, 1.82) is 0 Å². The number of aryl methyl sites for hydroxylation is 1. The number of allylic oxidation sites excluding steroid dienone is 1. The van der Waals surface area contributed by atoms with Crippen LogP contribution in [0.3, 0.4) is 0 Å². The van der Waals surface area contributed by atoms with E-state index < -0.39 is 5.41 Å². The minimum absolute atomic E-state index is 0. The van der Waals surface area contributed by atoms with E-state index in [-0.39, 0.29) is 68.5 Å². The van der Waals surface area contributed by atoms with Crippen LogP contribution >= 0.6 is 0 Å².